The van der Waals surface area contributed by atoms with Crippen LogP contribution >= 0.6 is 0 Å². The summed E-state index contributed by atoms with van der Waals surface area (Å²) in [5.41, 5.74) is 0. The maximum atomic E-state index is 12.6. The Hall–Kier alpha value is -2.15. The van der Waals surface area contributed by atoms with Crippen molar-refractivity contribution in [1.29, 1.82) is 0 Å². The zero-order valence-corrected chi connectivity index (χ0v) is 37.0. The Morgan fingerprint density at radius 1 is 0.481 bits per heavy atom. The van der Waals surface area contributed by atoms with Crippen LogP contribution in [0.4, 0.5) is 0 Å². The number of carbonyl (C=O) groups is 3. The minimum Gasteiger partial charge on any atom is -0.462 e. The van der Waals surface area contributed by atoms with Gasteiger partial charge in [-0.15, -0.1) is 0 Å². The van der Waals surface area contributed by atoms with Crippen LogP contribution in [0, 0.1) is 35.5 Å². The fourth-order valence-corrected chi connectivity index (χ4v) is 6.63. The Morgan fingerprint density at radius 2 is 0.870 bits per heavy atom. The summed E-state index contributed by atoms with van der Waals surface area (Å²) in [7, 11) is 4.04. The highest BCUT2D eigenvalue weighted by Gasteiger charge is 2.15. The van der Waals surface area contributed by atoms with Crippen LogP contribution in [0.25, 0.3) is 0 Å². The van der Waals surface area contributed by atoms with E-state index in [0.29, 0.717) is 68.0 Å². The summed E-state index contributed by atoms with van der Waals surface area (Å²) < 4.78 is 16.9. The molecule has 316 valence electrons. The molecule has 0 aliphatic rings. The Kier molecular flexibility index (Phi) is 32.8. The normalized spacial score (nSPS) is 13.9. The lowest BCUT2D eigenvalue weighted by molar-refractivity contribution is -0.150. The molecule has 2 unspecified atom stereocenters. The number of rotatable bonds is 35. The number of esters is 3. The molecule has 0 fully saturated rings. The molecule has 0 aromatic heterocycles. The highest BCUT2D eigenvalue weighted by atomic mass is 16.5. The molecule has 0 saturated carbocycles. The topological polar surface area (TPSA) is 82.1 Å². The third kappa shape index (κ3) is 33.2. The van der Waals surface area contributed by atoms with E-state index < -0.39 is 0 Å². The monoisotopic (exact) mass is 762 g/mol. The fraction of sp³-hybridized carbons (Fsp3) is 0.851. The first-order valence-electron chi connectivity index (χ1n) is 22.2. The number of ether oxygens (including phenoxy) is 3. The van der Waals surface area contributed by atoms with Crippen LogP contribution in [-0.2, 0) is 28.6 Å². The van der Waals surface area contributed by atoms with Crippen molar-refractivity contribution in [3.63, 3.8) is 0 Å². The van der Waals surface area contributed by atoms with Gasteiger partial charge in [-0.1, -0.05) is 131 Å². The van der Waals surface area contributed by atoms with E-state index in [1.165, 1.54) is 25.7 Å². The van der Waals surface area contributed by atoms with Gasteiger partial charge in [0.1, 0.15) is 19.3 Å². The number of allylic oxidation sites excluding steroid dienone is 2. The van der Waals surface area contributed by atoms with Crippen LogP contribution < -0.4 is 0 Å². The van der Waals surface area contributed by atoms with Gasteiger partial charge in [0.05, 0.1) is 0 Å². The van der Waals surface area contributed by atoms with Crippen LogP contribution in [0.3, 0.4) is 0 Å². The van der Waals surface area contributed by atoms with Crippen molar-refractivity contribution in [3.05, 3.63) is 24.3 Å². The molecule has 0 rings (SSSR count). The maximum Gasteiger partial charge on any atom is 0.306 e. The predicted octanol–water partition coefficient (Wildman–Crippen LogP) is 12.3. The molecule has 0 N–H and O–H groups in total. The predicted molar refractivity (Wildman–Crippen MR) is 227 cm³/mol. The van der Waals surface area contributed by atoms with Gasteiger partial charge in [-0.2, -0.15) is 0 Å². The van der Waals surface area contributed by atoms with Gasteiger partial charge in [-0.25, -0.2) is 0 Å². The highest BCUT2D eigenvalue weighted by molar-refractivity contribution is 5.70. The minimum atomic E-state index is -0.111. The Labute approximate surface area is 334 Å². The second kappa shape index (κ2) is 34.1. The molecule has 0 saturated heterocycles. The summed E-state index contributed by atoms with van der Waals surface area (Å²) in [5, 5.41) is 0. The average Bonchev–Trinajstić information content (AvgIpc) is 3.09. The van der Waals surface area contributed by atoms with Gasteiger partial charge in [0, 0.05) is 19.3 Å². The van der Waals surface area contributed by atoms with Crippen molar-refractivity contribution >= 4 is 17.9 Å². The zero-order valence-electron chi connectivity index (χ0n) is 37.0. The third-order valence-electron chi connectivity index (χ3n) is 10.4. The van der Waals surface area contributed by atoms with Crippen LogP contribution in [0.5, 0.6) is 0 Å². The summed E-state index contributed by atoms with van der Waals surface area (Å²) in [6.45, 7) is 19.7. The third-order valence-corrected chi connectivity index (χ3v) is 10.4. The lowest BCUT2D eigenvalue weighted by Crippen LogP contribution is -2.20. The van der Waals surface area contributed by atoms with Gasteiger partial charge < -0.3 is 19.1 Å². The quantitative estimate of drug-likeness (QED) is 0.0275. The van der Waals surface area contributed by atoms with Gasteiger partial charge in [0.25, 0.3) is 0 Å². The lowest BCUT2D eigenvalue weighted by Gasteiger charge is -2.18. The average molecular weight is 762 g/mol. The van der Waals surface area contributed by atoms with Crippen molar-refractivity contribution < 1.29 is 28.6 Å². The summed E-state index contributed by atoms with van der Waals surface area (Å²) in [6.07, 6.45) is 27.3. The summed E-state index contributed by atoms with van der Waals surface area (Å²) in [5.74, 6) is 3.35. The Morgan fingerprint density at radius 3 is 1.26 bits per heavy atom. The number of nitrogens with zero attached hydrogens (tertiary/aromatic N) is 1. The molecule has 0 aliphatic heterocycles. The molecular weight excluding hydrogens is 675 g/mol. The molecule has 0 heterocycles. The van der Waals surface area contributed by atoms with Crippen molar-refractivity contribution in [2.75, 3.05) is 33.9 Å². The molecule has 0 amide bonds. The highest BCUT2D eigenvalue weighted by Crippen LogP contribution is 2.23. The molecule has 0 aliphatic carbocycles. The van der Waals surface area contributed by atoms with Crippen molar-refractivity contribution in [2.24, 2.45) is 35.5 Å². The van der Waals surface area contributed by atoms with E-state index in [9.17, 15) is 14.4 Å². The van der Waals surface area contributed by atoms with Gasteiger partial charge in [0.15, 0.2) is 0 Å². The van der Waals surface area contributed by atoms with E-state index >= 15 is 0 Å². The fourth-order valence-electron chi connectivity index (χ4n) is 6.63. The van der Waals surface area contributed by atoms with E-state index in [2.05, 4.69) is 72.4 Å². The molecule has 7 nitrogen and oxygen atoms in total. The first kappa shape index (κ1) is 51.9. The van der Waals surface area contributed by atoms with Gasteiger partial charge >= 0.3 is 17.9 Å². The van der Waals surface area contributed by atoms with E-state index in [1.54, 1.807) is 0 Å². The largest absolute Gasteiger partial charge is 0.462 e. The number of unbranched alkanes of at least 4 members (excludes halogenated alkanes) is 8. The van der Waals surface area contributed by atoms with Gasteiger partial charge in [0.2, 0.25) is 0 Å². The molecular formula is C47H87NO6. The van der Waals surface area contributed by atoms with Crippen LogP contribution in [-0.4, -0.2) is 62.8 Å². The summed E-state index contributed by atoms with van der Waals surface area (Å²) in [6, 6.07) is 0. The van der Waals surface area contributed by atoms with E-state index in [0.717, 1.165) is 90.0 Å². The second-order valence-corrected chi connectivity index (χ2v) is 17.6. The molecule has 0 bridgehead atoms. The maximum absolute atomic E-state index is 12.6. The molecule has 0 aromatic carbocycles. The van der Waals surface area contributed by atoms with Crippen LogP contribution in [0.15, 0.2) is 24.3 Å². The molecule has 7 heteroatoms. The Balaban J connectivity index is 4.36. The number of hydrogen-bond donors (Lipinski definition) is 0. The zero-order chi connectivity index (χ0) is 40.6. The van der Waals surface area contributed by atoms with Gasteiger partial charge in [-0.3, -0.25) is 14.4 Å². The second-order valence-electron chi connectivity index (χ2n) is 17.6. The molecule has 0 spiro atoms. The minimum absolute atomic E-state index is 0.0377. The lowest BCUT2D eigenvalue weighted by atomic mass is 9.88. The smallest absolute Gasteiger partial charge is 0.306 e. The molecule has 0 aromatic rings. The van der Waals surface area contributed by atoms with Gasteiger partial charge in [-0.05, 0) is 114 Å². The molecule has 54 heavy (non-hydrogen) atoms. The van der Waals surface area contributed by atoms with E-state index in [1.807, 2.05) is 26.2 Å². The molecule has 2 atom stereocenters. The SMILES string of the molecule is CC(C)CCC(C=CCOC(=O)CCCCCCCC(CCCCCCCC(=O)OCC=CC(CCC(C)C)C(C)C)OC(=O)CCCN(C)C)C(C)C. The first-order chi connectivity index (χ1) is 25.7. The van der Waals surface area contributed by atoms with Crippen molar-refractivity contribution in [1.82, 2.24) is 4.90 Å². The van der Waals surface area contributed by atoms with Crippen molar-refractivity contribution in [3.8, 4) is 0 Å². The number of carbonyl (C=O) groups excluding carboxylic acids is 3. The molecule has 0 radical (unpaired) electrons. The van der Waals surface area contributed by atoms with Crippen LogP contribution in [0.1, 0.15) is 184 Å². The van der Waals surface area contributed by atoms with E-state index in [4.69, 9.17) is 14.2 Å². The van der Waals surface area contributed by atoms with E-state index in [-0.39, 0.29) is 24.0 Å². The Bertz CT molecular complexity index is 921. The standard InChI is InChI=1S/C47H87NO6/c1-38(2)31-33-42(40(5)6)24-22-36-52-45(49)28-19-15-11-13-17-26-44(54-47(51)30-21-35-48(9)10)27-18-14-12-16-20-29-46(50)53-37-23-25-43(41(7)8)34-32-39(3)4/h22-25,38-44H,11-21,26-37H2,1-10H3. The first-order valence-corrected chi connectivity index (χ1v) is 22.2. The number of hydrogen-bond acceptors (Lipinski definition) is 7. The van der Waals surface area contributed by atoms with Crippen molar-refractivity contribution in [2.45, 2.75) is 190 Å². The summed E-state index contributed by atoms with van der Waals surface area (Å²) >= 11 is 0. The van der Waals surface area contributed by atoms with Crippen LogP contribution in [0.2, 0.25) is 0 Å². The summed E-state index contributed by atoms with van der Waals surface area (Å²) in [4.78, 5) is 39.1.